The Balaban J connectivity index is 1.28. The van der Waals surface area contributed by atoms with Crippen molar-refractivity contribution in [1.82, 2.24) is 15.5 Å². The van der Waals surface area contributed by atoms with Gasteiger partial charge in [-0.3, -0.25) is 14.4 Å². The Morgan fingerprint density at radius 2 is 1.65 bits per heavy atom. The van der Waals surface area contributed by atoms with Gasteiger partial charge in [0.25, 0.3) is 17.7 Å². The number of nitrogens with one attached hydrogen (secondary N) is 2. The van der Waals surface area contributed by atoms with Gasteiger partial charge < -0.3 is 29.7 Å². The van der Waals surface area contributed by atoms with Crippen molar-refractivity contribution in [2.24, 2.45) is 0 Å². The number of carbonyl (C=O) groups excluding carboxylic acids is 3. The minimum Gasteiger partial charge on any atom is -0.493 e. The number of methoxy groups -OCH3 is 1. The van der Waals surface area contributed by atoms with Crippen molar-refractivity contribution in [3.8, 4) is 28.4 Å². The fourth-order valence-corrected chi connectivity index (χ4v) is 5.28. The van der Waals surface area contributed by atoms with Gasteiger partial charge in [-0.25, -0.2) is 0 Å². The molecule has 1 saturated heterocycles. The van der Waals surface area contributed by atoms with E-state index in [0.717, 1.165) is 16.7 Å². The molecule has 3 heterocycles. The lowest BCUT2D eigenvalue weighted by Gasteiger charge is -2.21. The van der Waals surface area contributed by atoms with E-state index in [1.54, 1.807) is 29.2 Å². The van der Waals surface area contributed by atoms with E-state index in [0.29, 0.717) is 29.2 Å². The van der Waals surface area contributed by atoms with Crippen molar-refractivity contribution in [3.05, 3.63) is 114 Å². The first-order valence-corrected chi connectivity index (χ1v) is 14.1. The number of rotatable bonds is 3. The van der Waals surface area contributed by atoms with Crippen LogP contribution < -0.4 is 24.8 Å². The molecule has 0 unspecified atom stereocenters. The summed E-state index contributed by atoms with van der Waals surface area (Å²) < 4.78 is 17.4. The van der Waals surface area contributed by atoms with Crippen molar-refractivity contribution in [2.45, 2.75) is 18.7 Å². The smallest absolute Gasteiger partial charge is 0.258 e. The molecule has 0 saturated carbocycles. The molecule has 3 aliphatic rings. The standard InChI is InChI=1S/C34H31N3O6/c1-41-29-15-12-25-17-30(29)42-21-32(38)35-18-22-10-13-27(14-11-22)43-31-20-37(19-28(31)36-33(25)39)34(40)26-9-5-8-24(16-26)23-6-3-2-4-7-23/h2-17,28,31H,18-21H2,1H3,(H,35,38)(H,36,39)/t28-,31-/m0/s1. The maximum Gasteiger partial charge on any atom is 0.258 e. The highest BCUT2D eigenvalue weighted by Crippen LogP contribution is 2.29. The van der Waals surface area contributed by atoms with E-state index >= 15 is 0 Å². The number of amides is 3. The van der Waals surface area contributed by atoms with E-state index in [1.165, 1.54) is 7.11 Å². The Hall–Kier alpha value is -5.31. The largest absolute Gasteiger partial charge is 0.493 e. The second-order valence-corrected chi connectivity index (χ2v) is 10.5. The van der Waals surface area contributed by atoms with E-state index in [-0.39, 0.29) is 43.2 Å². The van der Waals surface area contributed by atoms with Gasteiger partial charge in [-0.2, -0.15) is 0 Å². The molecule has 4 aromatic carbocycles. The molecule has 4 bridgehead atoms. The molecule has 2 N–H and O–H groups in total. The second-order valence-electron chi connectivity index (χ2n) is 10.5. The Labute approximate surface area is 249 Å². The third-order valence-electron chi connectivity index (χ3n) is 7.57. The molecule has 3 aliphatic heterocycles. The van der Waals surface area contributed by atoms with Crippen molar-refractivity contribution in [2.75, 3.05) is 26.8 Å². The quantitative estimate of drug-likeness (QED) is 0.380. The fraction of sp³-hybridized carbons (Fsp3) is 0.206. The summed E-state index contributed by atoms with van der Waals surface area (Å²) in [5.74, 6) is 0.448. The third kappa shape index (κ3) is 6.30. The molecule has 9 nitrogen and oxygen atoms in total. The molecule has 1 fully saturated rings. The van der Waals surface area contributed by atoms with Crippen LogP contribution in [0.25, 0.3) is 11.1 Å². The second kappa shape index (κ2) is 12.3. The summed E-state index contributed by atoms with van der Waals surface area (Å²) >= 11 is 0. The number of hydrogen-bond donors (Lipinski definition) is 2. The fourth-order valence-electron chi connectivity index (χ4n) is 5.28. The van der Waals surface area contributed by atoms with Gasteiger partial charge in [-0.05, 0) is 59.2 Å². The van der Waals surface area contributed by atoms with Crippen LogP contribution >= 0.6 is 0 Å². The molecule has 0 aliphatic carbocycles. The minimum absolute atomic E-state index is 0.142. The molecule has 0 aromatic heterocycles. The Morgan fingerprint density at radius 3 is 2.44 bits per heavy atom. The highest BCUT2D eigenvalue weighted by atomic mass is 16.5. The van der Waals surface area contributed by atoms with Crippen molar-refractivity contribution in [1.29, 1.82) is 0 Å². The zero-order valence-corrected chi connectivity index (χ0v) is 23.6. The summed E-state index contributed by atoms with van der Waals surface area (Å²) in [4.78, 5) is 41.3. The Bertz CT molecular complexity index is 1640. The van der Waals surface area contributed by atoms with Crippen LogP contribution in [0.5, 0.6) is 17.2 Å². The highest BCUT2D eigenvalue weighted by molar-refractivity contribution is 5.97. The van der Waals surface area contributed by atoms with Crippen LogP contribution in [0.4, 0.5) is 0 Å². The van der Waals surface area contributed by atoms with E-state index in [1.807, 2.05) is 72.8 Å². The predicted octanol–water partition coefficient (Wildman–Crippen LogP) is 4.07. The lowest BCUT2D eigenvalue weighted by molar-refractivity contribution is -0.123. The first kappa shape index (κ1) is 27.8. The minimum atomic E-state index is -0.500. The number of likely N-dealkylation sites (tertiary alicyclic amines) is 1. The van der Waals surface area contributed by atoms with Gasteiger partial charge in [0.15, 0.2) is 18.1 Å². The highest BCUT2D eigenvalue weighted by Gasteiger charge is 2.38. The molecule has 43 heavy (non-hydrogen) atoms. The molecule has 218 valence electrons. The van der Waals surface area contributed by atoms with E-state index in [2.05, 4.69) is 10.6 Å². The van der Waals surface area contributed by atoms with Crippen LogP contribution in [0, 0.1) is 0 Å². The lowest BCUT2D eigenvalue weighted by Crippen LogP contribution is -2.45. The summed E-state index contributed by atoms with van der Waals surface area (Å²) in [5, 5.41) is 5.88. The molecule has 2 atom stereocenters. The number of carbonyl (C=O) groups is 3. The molecule has 4 aromatic rings. The monoisotopic (exact) mass is 577 g/mol. The average Bonchev–Trinajstić information content (AvgIpc) is 3.44. The van der Waals surface area contributed by atoms with Gasteiger partial charge in [-0.1, -0.05) is 54.6 Å². The topological polar surface area (TPSA) is 106 Å². The maximum atomic E-state index is 13.7. The van der Waals surface area contributed by atoms with Crippen LogP contribution in [0.2, 0.25) is 0 Å². The van der Waals surface area contributed by atoms with Gasteiger partial charge in [0.2, 0.25) is 0 Å². The average molecular weight is 578 g/mol. The molecule has 7 rings (SSSR count). The summed E-state index contributed by atoms with van der Waals surface area (Å²) in [6, 6.07) is 29.1. The van der Waals surface area contributed by atoms with Crippen LogP contribution in [0.1, 0.15) is 26.3 Å². The van der Waals surface area contributed by atoms with E-state index < -0.39 is 12.1 Å². The van der Waals surface area contributed by atoms with Gasteiger partial charge >= 0.3 is 0 Å². The predicted molar refractivity (Wildman–Crippen MR) is 160 cm³/mol. The van der Waals surface area contributed by atoms with Gasteiger partial charge in [0.1, 0.15) is 11.9 Å². The van der Waals surface area contributed by atoms with Crippen LogP contribution in [-0.2, 0) is 11.3 Å². The van der Waals surface area contributed by atoms with Crippen LogP contribution in [0.15, 0.2) is 97.1 Å². The van der Waals surface area contributed by atoms with Gasteiger partial charge in [0, 0.05) is 24.2 Å². The van der Waals surface area contributed by atoms with Crippen molar-refractivity contribution < 1.29 is 28.6 Å². The molecule has 0 spiro atoms. The lowest BCUT2D eigenvalue weighted by atomic mass is 10.0. The normalized spacial score (nSPS) is 18.4. The molecule has 0 radical (unpaired) electrons. The van der Waals surface area contributed by atoms with Crippen LogP contribution in [0.3, 0.4) is 0 Å². The summed E-state index contributed by atoms with van der Waals surface area (Å²) in [6.07, 6.45) is -0.500. The number of ether oxygens (including phenoxy) is 3. The molecule has 9 heteroatoms. The Morgan fingerprint density at radius 1 is 0.860 bits per heavy atom. The summed E-state index contributed by atoms with van der Waals surface area (Å²) in [5.41, 5.74) is 3.74. The number of nitrogens with zero attached hydrogens (tertiary/aromatic N) is 1. The van der Waals surface area contributed by atoms with Crippen molar-refractivity contribution >= 4 is 17.7 Å². The molecular formula is C34H31N3O6. The Kier molecular flexibility index (Phi) is 7.95. The van der Waals surface area contributed by atoms with Crippen LogP contribution in [-0.4, -0.2) is 61.6 Å². The molecular weight excluding hydrogens is 546 g/mol. The van der Waals surface area contributed by atoms with Crippen molar-refractivity contribution in [3.63, 3.8) is 0 Å². The number of hydrogen-bond acceptors (Lipinski definition) is 6. The zero-order chi connectivity index (χ0) is 29.8. The van der Waals surface area contributed by atoms with Gasteiger partial charge in [-0.15, -0.1) is 0 Å². The first-order valence-electron chi connectivity index (χ1n) is 14.1. The summed E-state index contributed by atoms with van der Waals surface area (Å²) in [6.45, 7) is 0.626. The number of benzene rings is 4. The maximum absolute atomic E-state index is 13.7. The SMILES string of the molecule is COc1ccc2cc1OCC(=O)NCc1ccc(cc1)O[C@H]1CN(C(=O)c3cccc(-c4ccccc4)c3)C[C@@H]1NC2=O. The molecule has 3 amide bonds. The first-order chi connectivity index (χ1) is 21.0. The summed E-state index contributed by atoms with van der Waals surface area (Å²) in [7, 11) is 1.49. The van der Waals surface area contributed by atoms with Gasteiger partial charge in [0.05, 0.1) is 19.7 Å². The number of fused-ring (bicyclic) bond motifs is 7. The zero-order valence-electron chi connectivity index (χ0n) is 23.6. The van der Waals surface area contributed by atoms with E-state index in [9.17, 15) is 14.4 Å². The van der Waals surface area contributed by atoms with E-state index in [4.69, 9.17) is 14.2 Å². The third-order valence-corrected chi connectivity index (χ3v) is 7.57.